The SMILES string of the molecule is COc1nc(Nc2nccc(-c3ccc(OC4CCN(C(=O)OC(C)(C)C)CC4)c(C#N)c3)n2)ccc1C(=O)N(C)C. The zero-order chi connectivity index (χ0) is 30.4. The molecular formula is C30H35N7O5. The van der Waals surface area contributed by atoms with Crippen LogP contribution in [0, 0.1) is 11.3 Å². The summed E-state index contributed by atoms with van der Waals surface area (Å²) in [5, 5.41) is 12.9. The van der Waals surface area contributed by atoms with E-state index in [-0.39, 0.29) is 29.9 Å². The third-order valence-corrected chi connectivity index (χ3v) is 6.37. The number of amides is 2. The molecule has 12 nitrogen and oxygen atoms in total. The molecule has 0 aliphatic carbocycles. The van der Waals surface area contributed by atoms with Gasteiger partial charge < -0.3 is 29.3 Å². The first-order valence-corrected chi connectivity index (χ1v) is 13.5. The molecule has 1 aliphatic rings. The number of likely N-dealkylation sites (tertiary alicyclic amines) is 1. The monoisotopic (exact) mass is 573 g/mol. The van der Waals surface area contributed by atoms with E-state index in [1.165, 1.54) is 12.0 Å². The van der Waals surface area contributed by atoms with Gasteiger partial charge in [-0.05, 0) is 57.2 Å². The lowest BCUT2D eigenvalue weighted by Crippen LogP contribution is -2.44. The van der Waals surface area contributed by atoms with Crippen molar-refractivity contribution in [2.24, 2.45) is 0 Å². The van der Waals surface area contributed by atoms with Crippen LogP contribution in [0.4, 0.5) is 16.6 Å². The van der Waals surface area contributed by atoms with Crippen LogP contribution in [0.5, 0.6) is 11.6 Å². The fraction of sp³-hybridized carbons (Fsp3) is 0.400. The third kappa shape index (κ3) is 7.42. The molecule has 0 spiro atoms. The van der Waals surface area contributed by atoms with Crippen molar-refractivity contribution in [3.05, 3.63) is 53.7 Å². The molecule has 1 saturated heterocycles. The van der Waals surface area contributed by atoms with Crippen LogP contribution in [0.3, 0.4) is 0 Å². The zero-order valence-corrected chi connectivity index (χ0v) is 24.7. The molecular weight excluding hydrogens is 538 g/mol. The second-order valence-corrected chi connectivity index (χ2v) is 11.0. The molecule has 3 heterocycles. The number of nitriles is 1. The Morgan fingerprint density at radius 1 is 1.10 bits per heavy atom. The zero-order valence-electron chi connectivity index (χ0n) is 24.7. The van der Waals surface area contributed by atoms with Crippen molar-refractivity contribution >= 4 is 23.8 Å². The normalized spacial score (nSPS) is 13.6. The Hall–Kier alpha value is -4.92. The van der Waals surface area contributed by atoms with Gasteiger partial charge in [0.2, 0.25) is 11.8 Å². The molecule has 2 amide bonds. The predicted molar refractivity (Wildman–Crippen MR) is 156 cm³/mol. The smallest absolute Gasteiger partial charge is 0.410 e. The maximum absolute atomic E-state index is 12.4. The standard InChI is InChI=1S/C30H35N7O5/c1-30(2,3)42-29(39)37-15-12-21(13-16-37)41-24-9-7-19(17-20(24)18-31)23-11-14-32-28(33-23)35-25-10-8-22(26(34-25)40-6)27(38)36(4)5/h7-11,14,17,21H,12-13,15-16H2,1-6H3,(H,32,33,34,35). The van der Waals surface area contributed by atoms with Gasteiger partial charge in [-0.15, -0.1) is 0 Å². The Kier molecular flexibility index (Phi) is 9.10. The highest BCUT2D eigenvalue weighted by Gasteiger charge is 2.28. The van der Waals surface area contributed by atoms with Crippen LogP contribution < -0.4 is 14.8 Å². The molecule has 0 bridgehead atoms. The lowest BCUT2D eigenvalue weighted by molar-refractivity contribution is 0.0126. The number of hydrogen-bond acceptors (Lipinski definition) is 10. The number of rotatable bonds is 7. The molecule has 0 unspecified atom stereocenters. The van der Waals surface area contributed by atoms with Crippen LogP contribution in [-0.4, -0.2) is 82.8 Å². The number of carbonyl (C=O) groups excluding carboxylic acids is 2. The Morgan fingerprint density at radius 2 is 1.83 bits per heavy atom. The summed E-state index contributed by atoms with van der Waals surface area (Å²) in [6, 6.07) is 12.5. The van der Waals surface area contributed by atoms with Crippen molar-refractivity contribution in [3.8, 4) is 29.0 Å². The molecule has 1 fully saturated rings. The largest absolute Gasteiger partial charge is 0.489 e. The Morgan fingerprint density at radius 3 is 2.48 bits per heavy atom. The van der Waals surface area contributed by atoms with Crippen molar-refractivity contribution in [2.45, 2.75) is 45.3 Å². The number of ether oxygens (including phenoxy) is 3. The van der Waals surface area contributed by atoms with Crippen LogP contribution in [0.25, 0.3) is 11.3 Å². The highest BCUT2D eigenvalue weighted by molar-refractivity contribution is 5.96. The Balaban J connectivity index is 1.44. The minimum absolute atomic E-state index is 0.125. The summed E-state index contributed by atoms with van der Waals surface area (Å²) in [6.45, 7) is 6.57. The molecule has 1 N–H and O–H groups in total. The average Bonchev–Trinajstić information content (AvgIpc) is 2.96. The van der Waals surface area contributed by atoms with Gasteiger partial charge >= 0.3 is 6.09 Å². The number of nitrogens with one attached hydrogen (secondary N) is 1. The van der Waals surface area contributed by atoms with Gasteiger partial charge in [0.1, 0.15) is 34.9 Å². The number of methoxy groups -OCH3 is 1. The topological polar surface area (TPSA) is 143 Å². The van der Waals surface area contributed by atoms with E-state index >= 15 is 0 Å². The minimum atomic E-state index is -0.544. The summed E-state index contributed by atoms with van der Waals surface area (Å²) >= 11 is 0. The number of piperidine rings is 1. The maximum Gasteiger partial charge on any atom is 0.410 e. The number of hydrogen-bond donors (Lipinski definition) is 1. The summed E-state index contributed by atoms with van der Waals surface area (Å²) in [7, 11) is 4.75. The number of aromatic nitrogens is 3. The number of carbonyl (C=O) groups is 2. The van der Waals surface area contributed by atoms with Gasteiger partial charge in [-0.1, -0.05) is 0 Å². The van der Waals surface area contributed by atoms with Gasteiger partial charge in [0.15, 0.2) is 0 Å². The van der Waals surface area contributed by atoms with E-state index in [1.54, 1.807) is 55.5 Å². The van der Waals surface area contributed by atoms with Crippen molar-refractivity contribution in [1.82, 2.24) is 24.8 Å². The summed E-state index contributed by atoms with van der Waals surface area (Å²) in [5.41, 5.74) is 1.47. The number of benzene rings is 1. The first kappa shape index (κ1) is 30.0. The summed E-state index contributed by atoms with van der Waals surface area (Å²) < 4.78 is 16.9. The Labute approximate surface area is 245 Å². The summed E-state index contributed by atoms with van der Waals surface area (Å²) in [4.78, 5) is 41.1. The molecule has 1 aromatic carbocycles. The van der Waals surface area contributed by atoms with E-state index in [1.807, 2.05) is 26.8 Å². The average molecular weight is 574 g/mol. The molecule has 2 aromatic heterocycles. The number of pyridine rings is 1. The molecule has 12 heteroatoms. The molecule has 3 aromatic rings. The van der Waals surface area contributed by atoms with Crippen LogP contribution in [-0.2, 0) is 4.74 Å². The molecule has 220 valence electrons. The van der Waals surface area contributed by atoms with Crippen molar-refractivity contribution < 1.29 is 23.8 Å². The van der Waals surface area contributed by atoms with E-state index in [0.717, 1.165) is 0 Å². The number of nitrogens with zero attached hydrogens (tertiary/aromatic N) is 6. The molecule has 1 aliphatic heterocycles. The second kappa shape index (κ2) is 12.7. The molecule has 0 saturated carbocycles. The maximum atomic E-state index is 12.4. The highest BCUT2D eigenvalue weighted by atomic mass is 16.6. The number of anilines is 2. The van der Waals surface area contributed by atoms with Crippen LogP contribution >= 0.6 is 0 Å². The predicted octanol–water partition coefficient (Wildman–Crippen LogP) is 4.64. The van der Waals surface area contributed by atoms with E-state index in [2.05, 4.69) is 26.3 Å². The van der Waals surface area contributed by atoms with E-state index in [0.29, 0.717) is 59.9 Å². The van der Waals surface area contributed by atoms with Gasteiger partial charge in [0.05, 0.1) is 18.4 Å². The summed E-state index contributed by atoms with van der Waals surface area (Å²) in [5.74, 6) is 1.12. The van der Waals surface area contributed by atoms with E-state index < -0.39 is 5.60 Å². The lowest BCUT2D eigenvalue weighted by Gasteiger charge is -2.33. The van der Waals surface area contributed by atoms with Crippen molar-refractivity contribution in [1.29, 1.82) is 5.26 Å². The summed E-state index contributed by atoms with van der Waals surface area (Å²) in [6.07, 6.45) is 2.42. The van der Waals surface area contributed by atoms with Crippen molar-refractivity contribution in [3.63, 3.8) is 0 Å². The lowest BCUT2D eigenvalue weighted by atomic mass is 10.1. The fourth-order valence-electron chi connectivity index (χ4n) is 4.31. The van der Waals surface area contributed by atoms with Crippen LogP contribution in [0.2, 0.25) is 0 Å². The third-order valence-electron chi connectivity index (χ3n) is 6.37. The first-order chi connectivity index (χ1) is 20.0. The van der Waals surface area contributed by atoms with E-state index in [4.69, 9.17) is 14.2 Å². The van der Waals surface area contributed by atoms with Crippen LogP contribution in [0.15, 0.2) is 42.6 Å². The quantitative estimate of drug-likeness (QED) is 0.424. The van der Waals surface area contributed by atoms with Crippen LogP contribution in [0.1, 0.15) is 49.5 Å². The van der Waals surface area contributed by atoms with Gasteiger partial charge in [-0.3, -0.25) is 4.79 Å². The molecule has 4 rings (SSSR count). The minimum Gasteiger partial charge on any atom is -0.489 e. The van der Waals surface area contributed by atoms with Gasteiger partial charge in [0, 0.05) is 51.8 Å². The van der Waals surface area contributed by atoms with Crippen molar-refractivity contribution in [2.75, 3.05) is 39.6 Å². The van der Waals surface area contributed by atoms with Gasteiger partial charge in [-0.2, -0.15) is 10.2 Å². The molecule has 0 radical (unpaired) electrons. The second-order valence-electron chi connectivity index (χ2n) is 11.0. The highest BCUT2D eigenvalue weighted by Crippen LogP contribution is 2.29. The van der Waals surface area contributed by atoms with Gasteiger partial charge in [0.25, 0.3) is 5.91 Å². The molecule has 42 heavy (non-hydrogen) atoms. The Bertz CT molecular complexity index is 1490. The first-order valence-electron chi connectivity index (χ1n) is 13.5. The fourth-order valence-corrected chi connectivity index (χ4v) is 4.31. The van der Waals surface area contributed by atoms with E-state index in [9.17, 15) is 14.9 Å². The van der Waals surface area contributed by atoms with Gasteiger partial charge in [-0.25, -0.2) is 14.8 Å². The molecule has 0 atom stereocenters.